The summed E-state index contributed by atoms with van der Waals surface area (Å²) in [7, 11) is 0. The molecule has 8 nitrogen and oxygen atoms in total. The van der Waals surface area contributed by atoms with Gasteiger partial charge in [-0.25, -0.2) is 14.4 Å². The normalized spacial score (nSPS) is 14.0. The zero-order chi connectivity index (χ0) is 25.4. The van der Waals surface area contributed by atoms with E-state index >= 15 is 0 Å². The van der Waals surface area contributed by atoms with Crippen molar-refractivity contribution >= 4 is 17.5 Å². The number of ether oxygens (including phenoxy) is 1. The number of carbonyl (C=O) groups excluding carboxylic acids is 1. The third kappa shape index (κ3) is 4.49. The van der Waals surface area contributed by atoms with E-state index in [0.717, 1.165) is 5.69 Å². The highest BCUT2D eigenvalue weighted by atomic mass is 35.5. The number of nitrogens with zero attached hydrogens (tertiary/aromatic N) is 5. The summed E-state index contributed by atoms with van der Waals surface area (Å²) in [5.41, 5.74) is 2.63. The lowest BCUT2D eigenvalue weighted by Gasteiger charge is -2.30. The molecule has 4 aromatic rings. The Balaban J connectivity index is 1.36. The Kier molecular flexibility index (Phi) is 6.32. The predicted molar refractivity (Wildman–Crippen MR) is 132 cm³/mol. The third-order valence-corrected chi connectivity index (χ3v) is 6.46. The number of aryl methyl sites for hydroxylation is 1. The quantitative estimate of drug-likeness (QED) is 0.388. The Hall–Kier alpha value is -3.98. The van der Waals surface area contributed by atoms with E-state index in [1.807, 2.05) is 13.0 Å². The molecule has 0 saturated heterocycles. The van der Waals surface area contributed by atoms with Crippen molar-refractivity contribution in [2.75, 3.05) is 6.54 Å². The molecule has 10 heteroatoms. The Morgan fingerprint density at radius 1 is 1.14 bits per heavy atom. The summed E-state index contributed by atoms with van der Waals surface area (Å²) in [6, 6.07) is 11.4. The summed E-state index contributed by atoms with van der Waals surface area (Å²) in [4.78, 5) is 36.5. The summed E-state index contributed by atoms with van der Waals surface area (Å²) in [5, 5.41) is 0.0414. The number of imidazole rings is 1. The minimum Gasteiger partial charge on any atom is -0.470 e. The first-order chi connectivity index (χ1) is 17.3. The summed E-state index contributed by atoms with van der Waals surface area (Å²) in [6.07, 6.45) is 4.45. The first-order valence-electron chi connectivity index (χ1n) is 11.4. The molecule has 0 spiro atoms. The van der Waals surface area contributed by atoms with Crippen LogP contribution in [0.3, 0.4) is 0 Å². The molecule has 1 unspecified atom stereocenters. The monoisotopic (exact) mass is 507 g/mol. The predicted octanol–water partition coefficient (Wildman–Crippen LogP) is 4.33. The van der Waals surface area contributed by atoms with Crippen molar-refractivity contribution in [1.82, 2.24) is 24.0 Å². The van der Waals surface area contributed by atoms with Gasteiger partial charge < -0.3 is 18.8 Å². The van der Waals surface area contributed by atoms with E-state index in [0.29, 0.717) is 41.5 Å². The minimum absolute atomic E-state index is 0.0414. The third-order valence-electron chi connectivity index (χ3n) is 6.16. The molecule has 0 bridgehead atoms. The summed E-state index contributed by atoms with van der Waals surface area (Å²) in [6.45, 7) is 4.59. The van der Waals surface area contributed by atoms with Gasteiger partial charge in [-0.1, -0.05) is 23.7 Å². The average molecular weight is 508 g/mol. The lowest BCUT2D eigenvalue weighted by molar-refractivity contribution is 0.0683. The van der Waals surface area contributed by atoms with Crippen LogP contribution in [0.15, 0.2) is 66.0 Å². The van der Waals surface area contributed by atoms with Crippen LogP contribution in [0.25, 0.3) is 5.69 Å². The highest BCUT2D eigenvalue weighted by Crippen LogP contribution is 2.27. The standard InChI is InChI=1S/C26H23ClFN5O3/c1-16-13-32(15-30-16)22-7-8-23-25(34)31(10-11-33(23)26(22)35)14-19-4-3-9-29-24(19)36-17(2)18-5-6-20(27)21(28)12-18/h3-9,12-13,15,17H,10-11,14H2,1-2H3. The van der Waals surface area contributed by atoms with Gasteiger partial charge in [0.2, 0.25) is 5.88 Å². The van der Waals surface area contributed by atoms with Crippen LogP contribution in [0.4, 0.5) is 4.39 Å². The van der Waals surface area contributed by atoms with Gasteiger partial charge in [0.25, 0.3) is 11.5 Å². The number of aromatic nitrogens is 4. The molecule has 5 rings (SSSR count). The number of rotatable bonds is 6. The molecular weight excluding hydrogens is 485 g/mol. The van der Waals surface area contributed by atoms with E-state index in [1.54, 1.807) is 59.4 Å². The molecule has 0 aliphatic carbocycles. The number of benzene rings is 1. The van der Waals surface area contributed by atoms with Crippen LogP contribution in [0.5, 0.6) is 5.88 Å². The zero-order valence-electron chi connectivity index (χ0n) is 19.7. The molecular formula is C26H23ClFN5O3. The van der Waals surface area contributed by atoms with E-state index in [-0.39, 0.29) is 23.0 Å². The lowest BCUT2D eigenvalue weighted by Crippen LogP contribution is -2.44. The van der Waals surface area contributed by atoms with E-state index in [4.69, 9.17) is 16.3 Å². The first kappa shape index (κ1) is 23.7. The zero-order valence-corrected chi connectivity index (χ0v) is 20.4. The molecule has 0 radical (unpaired) electrons. The van der Waals surface area contributed by atoms with Gasteiger partial charge in [0.1, 0.15) is 23.3 Å². The van der Waals surface area contributed by atoms with Crippen LogP contribution < -0.4 is 10.3 Å². The van der Waals surface area contributed by atoms with Crippen molar-refractivity contribution in [3.8, 4) is 11.6 Å². The second-order valence-electron chi connectivity index (χ2n) is 8.61. The minimum atomic E-state index is -0.523. The maximum absolute atomic E-state index is 13.9. The fraction of sp³-hybridized carbons (Fsp3) is 0.231. The molecule has 1 aromatic carbocycles. The van der Waals surface area contributed by atoms with Crippen molar-refractivity contribution in [3.05, 3.63) is 105 Å². The number of halogens is 2. The summed E-state index contributed by atoms with van der Waals surface area (Å²) in [5.74, 6) is -0.429. The van der Waals surface area contributed by atoms with E-state index in [1.165, 1.54) is 16.7 Å². The van der Waals surface area contributed by atoms with Crippen LogP contribution in [-0.4, -0.2) is 36.5 Å². The number of amides is 1. The number of carbonyl (C=O) groups is 1. The lowest BCUT2D eigenvalue weighted by atomic mass is 10.1. The Morgan fingerprint density at radius 2 is 1.97 bits per heavy atom. The van der Waals surface area contributed by atoms with Gasteiger partial charge in [0.15, 0.2) is 0 Å². The summed E-state index contributed by atoms with van der Waals surface area (Å²) >= 11 is 5.79. The van der Waals surface area contributed by atoms with Gasteiger partial charge in [0, 0.05) is 31.0 Å². The van der Waals surface area contributed by atoms with Crippen LogP contribution in [0, 0.1) is 12.7 Å². The van der Waals surface area contributed by atoms with Gasteiger partial charge in [-0.3, -0.25) is 9.59 Å². The van der Waals surface area contributed by atoms with Gasteiger partial charge in [-0.2, -0.15) is 0 Å². The molecule has 4 heterocycles. The molecule has 3 aromatic heterocycles. The first-order valence-corrected chi connectivity index (χ1v) is 11.8. The molecule has 0 N–H and O–H groups in total. The van der Waals surface area contributed by atoms with Gasteiger partial charge in [-0.15, -0.1) is 0 Å². The fourth-order valence-corrected chi connectivity index (χ4v) is 4.33. The largest absolute Gasteiger partial charge is 0.470 e. The molecule has 1 atom stereocenters. The highest BCUT2D eigenvalue weighted by Gasteiger charge is 2.27. The molecule has 1 amide bonds. The van der Waals surface area contributed by atoms with Gasteiger partial charge in [-0.05, 0) is 49.7 Å². The number of hydrogen-bond donors (Lipinski definition) is 0. The van der Waals surface area contributed by atoms with Crippen LogP contribution >= 0.6 is 11.6 Å². The number of hydrogen-bond acceptors (Lipinski definition) is 5. The Morgan fingerprint density at radius 3 is 2.72 bits per heavy atom. The molecule has 0 saturated carbocycles. The van der Waals surface area contributed by atoms with Crippen molar-refractivity contribution in [3.63, 3.8) is 0 Å². The Labute approximate surface area is 211 Å². The van der Waals surface area contributed by atoms with Crippen LogP contribution in [0.2, 0.25) is 5.02 Å². The van der Waals surface area contributed by atoms with Crippen molar-refractivity contribution in [2.24, 2.45) is 0 Å². The molecule has 36 heavy (non-hydrogen) atoms. The van der Waals surface area contributed by atoms with Crippen molar-refractivity contribution < 1.29 is 13.9 Å². The maximum Gasteiger partial charge on any atom is 0.275 e. The average Bonchev–Trinajstić information content (AvgIpc) is 3.30. The maximum atomic E-state index is 13.9. The summed E-state index contributed by atoms with van der Waals surface area (Å²) < 4.78 is 23.1. The van der Waals surface area contributed by atoms with Gasteiger partial charge in [0.05, 0.1) is 23.6 Å². The molecule has 1 aliphatic rings. The number of fused-ring (bicyclic) bond motifs is 1. The topological polar surface area (TPSA) is 82.3 Å². The Bertz CT molecular complexity index is 1520. The molecule has 1 aliphatic heterocycles. The fourth-order valence-electron chi connectivity index (χ4n) is 4.22. The van der Waals surface area contributed by atoms with Crippen LogP contribution in [0.1, 0.15) is 40.3 Å². The van der Waals surface area contributed by atoms with Gasteiger partial charge >= 0.3 is 0 Å². The highest BCUT2D eigenvalue weighted by molar-refractivity contribution is 6.30. The van der Waals surface area contributed by atoms with E-state index in [9.17, 15) is 14.0 Å². The van der Waals surface area contributed by atoms with Crippen LogP contribution in [-0.2, 0) is 13.1 Å². The van der Waals surface area contributed by atoms with E-state index < -0.39 is 11.9 Å². The second kappa shape index (κ2) is 9.58. The van der Waals surface area contributed by atoms with E-state index in [2.05, 4.69) is 9.97 Å². The van der Waals surface area contributed by atoms with Crippen molar-refractivity contribution in [1.29, 1.82) is 0 Å². The SMILES string of the molecule is Cc1cn(-c2ccc3n(c2=O)CCN(Cc2cccnc2OC(C)c2ccc(Cl)c(F)c2)C3=O)cn1. The van der Waals surface area contributed by atoms with Crippen molar-refractivity contribution in [2.45, 2.75) is 33.0 Å². The second-order valence-corrected chi connectivity index (χ2v) is 9.02. The smallest absolute Gasteiger partial charge is 0.275 e. The molecule has 0 fully saturated rings. The molecule has 184 valence electrons. The number of pyridine rings is 2.